The number of piperazine rings is 1. The third-order valence-corrected chi connectivity index (χ3v) is 7.93. The van der Waals surface area contributed by atoms with E-state index in [9.17, 15) is 18.4 Å². The van der Waals surface area contributed by atoms with E-state index in [1.807, 2.05) is 28.4 Å². The molecular weight excluding hydrogens is 580 g/mol. The Morgan fingerprint density at radius 1 is 1.02 bits per heavy atom. The van der Waals surface area contributed by atoms with Crippen LogP contribution in [0.3, 0.4) is 0 Å². The summed E-state index contributed by atoms with van der Waals surface area (Å²) >= 11 is 0. The van der Waals surface area contributed by atoms with E-state index < -0.39 is 6.61 Å². The first-order valence-corrected chi connectivity index (χ1v) is 13.9. The van der Waals surface area contributed by atoms with E-state index in [-0.39, 0.29) is 41.9 Å². The molecule has 0 bridgehead atoms. The van der Waals surface area contributed by atoms with Gasteiger partial charge in [0.15, 0.2) is 11.5 Å². The Labute approximate surface area is 253 Å². The van der Waals surface area contributed by atoms with Gasteiger partial charge in [-0.3, -0.25) is 14.0 Å². The van der Waals surface area contributed by atoms with Crippen molar-refractivity contribution in [2.75, 3.05) is 31.5 Å². The molecule has 226 valence electrons. The Kier molecular flexibility index (Phi) is 8.79. The van der Waals surface area contributed by atoms with Crippen LogP contribution in [0.15, 0.2) is 61.1 Å². The minimum absolute atomic E-state index is 0. The molecule has 1 aliphatic heterocycles. The molecule has 43 heavy (non-hydrogen) atoms. The minimum Gasteiger partial charge on any atom is -0.435 e. The Hall–Kier alpha value is -4.29. The zero-order valence-electron chi connectivity index (χ0n) is 23.5. The summed E-state index contributed by atoms with van der Waals surface area (Å²) in [6, 6.07) is 12.0. The molecule has 1 saturated heterocycles. The highest BCUT2D eigenvalue weighted by Gasteiger charge is 2.36. The molecule has 2 aromatic heterocycles. The van der Waals surface area contributed by atoms with Gasteiger partial charge in [-0.25, -0.2) is 9.97 Å². The van der Waals surface area contributed by atoms with Gasteiger partial charge in [0.05, 0.1) is 11.9 Å². The number of benzene rings is 2. The number of carbonyl (C=O) groups is 2. The van der Waals surface area contributed by atoms with E-state index in [1.54, 1.807) is 41.7 Å². The van der Waals surface area contributed by atoms with Crippen molar-refractivity contribution in [3.63, 3.8) is 0 Å². The number of rotatable bonds is 7. The third-order valence-electron chi connectivity index (χ3n) is 7.93. The number of halogens is 3. The molecule has 4 aromatic rings. The van der Waals surface area contributed by atoms with Crippen LogP contribution in [0, 0.1) is 12.8 Å². The lowest BCUT2D eigenvalue weighted by atomic mass is 9.80. The number of alkyl halides is 2. The molecule has 2 aromatic carbocycles. The van der Waals surface area contributed by atoms with Crippen LogP contribution in [-0.2, 0) is 4.79 Å². The number of ether oxygens (including phenoxy) is 1. The van der Waals surface area contributed by atoms with Crippen molar-refractivity contribution >= 4 is 41.4 Å². The SMILES string of the molecule is Cc1cc(Nc2nccn3c(-c4ccc(OC(F)F)cc4)cnc23)ccc1C(=O)N1CCN(C(=O)C2CC(N)C2)CC1.Cl. The van der Waals surface area contributed by atoms with Gasteiger partial charge >= 0.3 is 6.61 Å². The first-order valence-electron chi connectivity index (χ1n) is 13.9. The number of nitrogens with two attached hydrogens (primary N) is 1. The molecule has 0 spiro atoms. The van der Waals surface area contributed by atoms with Crippen LogP contribution in [0.25, 0.3) is 16.9 Å². The molecule has 1 saturated carbocycles. The van der Waals surface area contributed by atoms with E-state index in [1.165, 1.54) is 12.1 Å². The number of hydrogen-bond acceptors (Lipinski definition) is 7. The van der Waals surface area contributed by atoms with Crippen molar-refractivity contribution in [2.45, 2.75) is 32.4 Å². The van der Waals surface area contributed by atoms with E-state index in [2.05, 4.69) is 20.0 Å². The predicted octanol–water partition coefficient (Wildman–Crippen LogP) is 4.49. The van der Waals surface area contributed by atoms with Gasteiger partial charge in [0.2, 0.25) is 5.91 Å². The fourth-order valence-corrected chi connectivity index (χ4v) is 5.57. The second-order valence-electron chi connectivity index (χ2n) is 10.7. The minimum atomic E-state index is -2.88. The summed E-state index contributed by atoms with van der Waals surface area (Å²) in [7, 11) is 0. The first kappa shape index (κ1) is 30.2. The number of nitrogens with one attached hydrogen (secondary N) is 1. The van der Waals surface area contributed by atoms with Crippen molar-refractivity contribution in [3.05, 3.63) is 72.2 Å². The summed E-state index contributed by atoms with van der Waals surface area (Å²) in [4.78, 5) is 38.6. The quantitative estimate of drug-likeness (QED) is 0.316. The molecule has 6 rings (SSSR count). The average molecular weight is 612 g/mol. The van der Waals surface area contributed by atoms with Crippen LogP contribution in [0.2, 0.25) is 0 Å². The van der Waals surface area contributed by atoms with Gasteiger partial charge < -0.3 is 25.6 Å². The molecule has 1 aliphatic carbocycles. The van der Waals surface area contributed by atoms with Crippen LogP contribution >= 0.6 is 12.4 Å². The van der Waals surface area contributed by atoms with Crippen molar-refractivity contribution < 1.29 is 23.1 Å². The maximum atomic E-state index is 13.3. The summed E-state index contributed by atoms with van der Waals surface area (Å²) in [5.74, 6) is 0.727. The van der Waals surface area contributed by atoms with E-state index in [0.717, 1.165) is 35.3 Å². The fourth-order valence-electron chi connectivity index (χ4n) is 5.57. The van der Waals surface area contributed by atoms with Crippen molar-refractivity contribution in [3.8, 4) is 17.0 Å². The second kappa shape index (κ2) is 12.5. The molecule has 10 nitrogen and oxygen atoms in total. The second-order valence-corrected chi connectivity index (χ2v) is 10.7. The average Bonchev–Trinajstić information content (AvgIpc) is 3.40. The number of aromatic nitrogens is 3. The molecule has 0 radical (unpaired) electrons. The molecule has 2 amide bonds. The number of anilines is 2. The molecule has 3 heterocycles. The van der Waals surface area contributed by atoms with Crippen LogP contribution in [0.5, 0.6) is 5.75 Å². The van der Waals surface area contributed by atoms with E-state index in [0.29, 0.717) is 43.2 Å². The lowest BCUT2D eigenvalue weighted by Gasteiger charge is -2.40. The molecule has 0 atom stereocenters. The maximum Gasteiger partial charge on any atom is 0.387 e. The molecular formula is C30H32ClF2N7O3. The van der Waals surface area contributed by atoms with Gasteiger partial charge in [-0.15, -0.1) is 12.4 Å². The van der Waals surface area contributed by atoms with Gasteiger partial charge in [0.1, 0.15) is 5.75 Å². The number of aryl methyl sites for hydroxylation is 1. The number of nitrogens with zero attached hydrogens (tertiary/aromatic N) is 5. The van der Waals surface area contributed by atoms with Gasteiger partial charge in [-0.1, -0.05) is 0 Å². The van der Waals surface area contributed by atoms with Gasteiger partial charge in [0, 0.05) is 67.3 Å². The lowest BCUT2D eigenvalue weighted by molar-refractivity contribution is -0.140. The Morgan fingerprint density at radius 3 is 2.37 bits per heavy atom. The van der Waals surface area contributed by atoms with Crippen molar-refractivity contribution in [2.24, 2.45) is 11.7 Å². The van der Waals surface area contributed by atoms with Crippen LogP contribution in [0.4, 0.5) is 20.3 Å². The summed E-state index contributed by atoms with van der Waals surface area (Å²) in [6.07, 6.45) is 6.60. The van der Waals surface area contributed by atoms with E-state index >= 15 is 0 Å². The number of imidazole rings is 1. The highest BCUT2D eigenvalue weighted by atomic mass is 35.5. The normalized spacial score (nSPS) is 18.3. The number of hydrogen-bond donors (Lipinski definition) is 2. The monoisotopic (exact) mass is 611 g/mol. The number of fused-ring (bicyclic) bond motifs is 1. The maximum absolute atomic E-state index is 13.3. The highest BCUT2D eigenvalue weighted by Crippen LogP contribution is 2.29. The predicted molar refractivity (Wildman–Crippen MR) is 160 cm³/mol. The largest absolute Gasteiger partial charge is 0.435 e. The van der Waals surface area contributed by atoms with Crippen molar-refractivity contribution in [1.82, 2.24) is 24.2 Å². The number of carbonyl (C=O) groups excluding carboxylic acids is 2. The lowest BCUT2D eigenvalue weighted by Crippen LogP contribution is -2.54. The number of amides is 2. The zero-order valence-corrected chi connectivity index (χ0v) is 24.3. The molecule has 13 heteroatoms. The zero-order chi connectivity index (χ0) is 29.4. The Bertz CT molecular complexity index is 1620. The van der Waals surface area contributed by atoms with Gasteiger partial charge in [-0.05, 0) is 67.8 Å². The van der Waals surface area contributed by atoms with Crippen LogP contribution in [0.1, 0.15) is 28.8 Å². The van der Waals surface area contributed by atoms with E-state index in [4.69, 9.17) is 5.73 Å². The highest BCUT2D eigenvalue weighted by molar-refractivity contribution is 5.96. The Balaban J connectivity index is 0.00000368. The summed E-state index contributed by atoms with van der Waals surface area (Å²) in [5, 5.41) is 3.30. The molecule has 3 N–H and O–H groups in total. The molecule has 2 aliphatic rings. The molecule has 0 unspecified atom stereocenters. The molecule has 2 fully saturated rings. The van der Waals surface area contributed by atoms with Crippen LogP contribution in [-0.4, -0.2) is 74.8 Å². The summed E-state index contributed by atoms with van der Waals surface area (Å²) in [6.45, 7) is 1.07. The smallest absolute Gasteiger partial charge is 0.387 e. The van der Waals surface area contributed by atoms with Gasteiger partial charge in [-0.2, -0.15) is 8.78 Å². The van der Waals surface area contributed by atoms with Gasteiger partial charge in [0.25, 0.3) is 5.91 Å². The fraction of sp³-hybridized carbons (Fsp3) is 0.333. The van der Waals surface area contributed by atoms with Crippen molar-refractivity contribution in [1.29, 1.82) is 0 Å². The topological polar surface area (TPSA) is 118 Å². The third kappa shape index (κ3) is 6.25. The van der Waals surface area contributed by atoms with Crippen LogP contribution < -0.4 is 15.8 Å². The first-order chi connectivity index (χ1) is 20.3. The summed E-state index contributed by atoms with van der Waals surface area (Å²) < 4.78 is 31.3. The standard InChI is InChI=1S/C30H31F2N7O3.ClH/c1-18-14-22(4-7-24(18)29(41)38-12-10-37(11-13-38)28(40)20-15-21(33)16-20)36-26-27-35-17-25(39(27)9-8-34-26)19-2-5-23(6-3-19)42-30(31)32;/h2-9,14,17,20-21,30H,10-13,15-16,33H2,1H3,(H,34,36);1H. The summed E-state index contributed by atoms with van der Waals surface area (Å²) in [5.41, 5.74) is 10.1. The Morgan fingerprint density at radius 2 is 1.72 bits per heavy atom.